The summed E-state index contributed by atoms with van der Waals surface area (Å²) >= 11 is 0. The number of allylic oxidation sites excluding steroid dienone is 1. The molecule has 2 aromatic heterocycles. The molecule has 0 saturated heterocycles. The summed E-state index contributed by atoms with van der Waals surface area (Å²) in [5.74, 6) is -1.76. The van der Waals surface area contributed by atoms with Gasteiger partial charge in [-0.05, 0) is 6.92 Å². The Morgan fingerprint density at radius 3 is 2.53 bits per heavy atom. The van der Waals surface area contributed by atoms with Crippen LogP contribution >= 0.6 is 0 Å². The molecule has 19 heavy (non-hydrogen) atoms. The summed E-state index contributed by atoms with van der Waals surface area (Å²) in [5.41, 5.74) is 1.74. The number of hydrogen-bond donors (Lipinski definition) is 5. The van der Waals surface area contributed by atoms with Gasteiger partial charge in [0.2, 0.25) is 11.6 Å². The molecule has 10 heteroatoms. The zero-order valence-electron chi connectivity index (χ0n) is 9.58. The summed E-state index contributed by atoms with van der Waals surface area (Å²) in [4.78, 5) is 32.5. The minimum atomic E-state index is -1.16. The topological polar surface area (TPSA) is 167 Å². The lowest BCUT2D eigenvalue weighted by molar-refractivity contribution is 0.185. The lowest BCUT2D eigenvalue weighted by Crippen LogP contribution is -2.28. The highest BCUT2D eigenvalue weighted by atomic mass is 16.5. The van der Waals surface area contributed by atoms with Gasteiger partial charge in [-0.2, -0.15) is 4.98 Å². The quantitative estimate of drug-likeness (QED) is 0.327. The van der Waals surface area contributed by atoms with Crippen molar-refractivity contribution in [3.05, 3.63) is 32.2 Å². The molecular weight excluding hydrogens is 258 g/mol. The minimum Gasteiger partial charge on any atom is -0.509 e. The van der Waals surface area contributed by atoms with Gasteiger partial charge in [0.05, 0.1) is 0 Å². The highest BCUT2D eigenvalue weighted by molar-refractivity contribution is 5.72. The van der Waals surface area contributed by atoms with Crippen LogP contribution in [0.15, 0.2) is 15.3 Å². The average molecular weight is 267 g/mol. The van der Waals surface area contributed by atoms with Crippen LogP contribution in [0.25, 0.3) is 16.9 Å². The van der Waals surface area contributed by atoms with Crippen molar-refractivity contribution < 1.29 is 15.4 Å². The first kappa shape index (κ1) is 12.4. The summed E-state index contributed by atoms with van der Waals surface area (Å²) in [6.45, 7) is 1.10. The van der Waals surface area contributed by atoms with Crippen LogP contribution in [0.1, 0.15) is 12.6 Å². The molecule has 0 atom stereocenters. The van der Waals surface area contributed by atoms with Crippen molar-refractivity contribution in [1.82, 2.24) is 19.7 Å². The normalized spacial score (nSPS) is 12.5. The van der Waals surface area contributed by atoms with E-state index >= 15 is 0 Å². The molecule has 0 aliphatic carbocycles. The summed E-state index contributed by atoms with van der Waals surface area (Å²) in [6.07, 6.45) is 0. The van der Waals surface area contributed by atoms with Gasteiger partial charge in [-0.1, -0.05) is 0 Å². The van der Waals surface area contributed by atoms with E-state index in [1.807, 2.05) is 0 Å². The molecule has 2 aromatic rings. The zero-order valence-corrected chi connectivity index (χ0v) is 9.58. The Balaban J connectivity index is 3.01. The third-order valence-electron chi connectivity index (χ3n) is 2.28. The van der Waals surface area contributed by atoms with E-state index in [1.165, 1.54) is 0 Å². The van der Waals surface area contributed by atoms with Crippen LogP contribution in [-0.2, 0) is 0 Å². The van der Waals surface area contributed by atoms with Gasteiger partial charge in [0.25, 0.3) is 5.56 Å². The molecule has 0 spiro atoms. The number of nitrogens with zero attached hydrogens (tertiary/aromatic N) is 3. The number of rotatable bonds is 1. The number of nitrogens with one attached hydrogen (secondary N) is 1. The molecule has 100 valence electrons. The summed E-state index contributed by atoms with van der Waals surface area (Å²) in [6, 6.07) is 0. The maximum atomic E-state index is 11.7. The molecule has 0 unspecified atom stereocenters. The van der Waals surface area contributed by atoms with Crippen LogP contribution in [0.4, 0.5) is 5.95 Å². The van der Waals surface area contributed by atoms with Gasteiger partial charge in [-0.15, -0.1) is 4.73 Å². The van der Waals surface area contributed by atoms with Crippen LogP contribution < -0.4 is 16.9 Å². The minimum absolute atomic E-state index is 0.0163. The van der Waals surface area contributed by atoms with E-state index in [4.69, 9.17) is 10.8 Å². The van der Waals surface area contributed by atoms with Crippen molar-refractivity contribution in [2.75, 3.05) is 5.73 Å². The summed E-state index contributed by atoms with van der Waals surface area (Å²) < 4.78 is 0.0163. The molecule has 0 radical (unpaired) electrons. The van der Waals surface area contributed by atoms with E-state index in [1.54, 1.807) is 0 Å². The number of hydrogen-bond acceptors (Lipinski definition) is 8. The van der Waals surface area contributed by atoms with Gasteiger partial charge in [0, 0.05) is 0 Å². The number of aliphatic hydroxyl groups excluding tert-OH is 2. The van der Waals surface area contributed by atoms with Crippen LogP contribution in [0.5, 0.6) is 0 Å². The number of anilines is 1. The molecule has 0 bridgehead atoms. The molecule has 2 heterocycles. The number of nitrogen functional groups attached to an aromatic ring is 1. The van der Waals surface area contributed by atoms with Crippen LogP contribution in [0.2, 0.25) is 0 Å². The van der Waals surface area contributed by atoms with Gasteiger partial charge in [0.1, 0.15) is 5.76 Å². The van der Waals surface area contributed by atoms with E-state index in [0.717, 1.165) is 6.92 Å². The molecule has 0 aliphatic heterocycles. The maximum Gasteiger partial charge on any atom is 0.314 e. The van der Waals surface area contributed by atoms with Gasteiger partial charge in [-0.25, -0.2) is 4.98 Å². The van der Waals surface area contributed by atoms with Gasteiger partial charge in [-0.3, -0.25) is 14.6 Å². The fourth-order valence-corrected chi connectivity index (χ4v) is 1.40. The molecule has 0 aliphatic rings. The van der Waals surface area contributed by atoms with E-state index < -0.39 is 39.5 Å². The highest BCUT2D eigenvalue weighted by Gasteiger charge is 2.18. The predicted octanol–water partition coefficient (Wildman–Crippen LogP) is -0.896. The first-order valence-electron chi connectivity index (χ1n) is 4.94. The van der Waals surface area contributed by atoms with Gasteiger partial charge >= 0.3 is 5.56 Å². The zero-order chi connectivity index (χ0) is 14.3. The lowest BCUT2D eigenvalue weighted by Gasteiger charge is -2.05. The first-order chi connectivity index (χ1) is 8.82. The van der Waals surface area contributed by atoms with Crippen molar-refractivity contribution in [3.8, 4) is 0 Å². The molecule has 0 fully saturated rings. The van der Waals surface area contributed by atoms with Crippen LogP contribution in [0.3, 0.4) is 0 Å². The van der Waals surface area contributed by atoms with E-state index in [0.29, 0.717) is 0 Å². The van der Waals surface area contributed by atoms with E-state index in [9.17, 15) is 19.9 Å². The Bertz CT molecular complexity index is 814. The average Bonchev–Trinajstić information content (AvgIpc) is 2.33. The predicted molar refractivity (Wildman–Crippen MR) is 63.9 cm³/mol. The molecule has 6 N–H and O–H groups in total. The van der Waals surface area contributed by atoms with Crippen molar-refractivity contribution in [1.29, 1.82) is 0 Å². The fourth-order valence-electron chi connectivity index (χ4n) is 1.40. The lowest BCUT2D eigenvalue weighted by atomic mass is 10.3. The van der Waals surface area contributed by atoms with Crippen LogP contribution in [0, 0.1) is 0 Å². The van der Waals surface area contributed by atoms with E-state index in [-0.39, 0.29) is 10.7 Å². The third-order valence-corrected chi connectivity index (χ3v) is 2.28. The van der Waals surface area contributed by atoms with Crippen LogP contribution in [-0.4, -0.2) is 35.1 Å². The smallest absolute Gasteiger partial charge is 0.314 e. The Hall–Kier alpha value is -3.04. The molecule has 0 saturated carbocycles. The second-order valence-corrected chi connectivity index (χ2v) is 3.63. The molecule has 0 aromatic carbocycles. The number of aromatic nitrogens is 4. The van der Waals surface area contributed by atoms with Crippen molar-refractivity contribution in [2.45, 2.75) is 6.92 Å². The Morgan fingerprint density at radius 1 is 1.32 bits per heavy atom. The standard InChI is InChI=1S/C9H9N5O5/c1-2(15)5(16)3-8(18)14(19)6-4(11-3)7(17)13-9(10)12-6/h15-16,19H,1H3,(H3,10,12,13,17). The Labute approximate surface area is 104 Å². The molecular formula is C9H9N5O5. The third kappa shape index (κ3) is 1.84. The van der Waals surface area contributed by atoms with Gasteiger partial charge in [0.15, 0.2) is 17.0 Å². The maximum absolute atomic E-state index is 11.7. The second-order valence-electron chi connectivity index (χ2n) is 3.63. The number of aliphatic hydroxyl groups is 2. The Kier molecular flexibility index (Phi) is 2.62. The highest BCUT2D eigenvalue weighted by Crippen LogP contribution is 2.10. The van der Waals surface area contributed by atoms with Crippen molar-refractivity contribution >= 4 is 22.9 Å². The van der Waals surface area contributed by atoms with Gasteiger partial charge < -0.3 is 21.2 Å². The first-order valence-corrected chi connectivity index (χ1v) is 4.94. The molecule has 0 amide bonds. The number of nitrogens with two attached hydrogens (primary N) is 1. The number of fused-ring (bicyclic) bond motifs is 1. The summed E-state index contributed by atoms with van der Waals surface area (Å²) in [5, 5.41) is 28.2. The van der Waals surface area contributed by atoms with E-state index in [2.05, 4.69) is 15.0 Å². The molecule has 10 nitrogen and oxygen atoms in total. The SMILES string of the molecule is CC(O)=C(O)c1nc2c(=O)[nH]c(N)nc2n(O)c1=O. The monoisotopic (exact) mass is 267 g/mol. The Morgan fingerprint density at radius 2 is 1.95 bits per heavy atom. The van der Waals surface area contributed by atoms with Crippen molar-refractivity contribution in [2.24, 2.45) is 0 Å². The molecule has 2 rings (SSSR count). The number of aromatic amines is 1. The number of H-pyrrole nitrogens is 1. The largest absolute Gasteiger partial charge is 0.509 e. The van der Waals surface area contributed by atoms with Crippen molar-refractivity contribution in [3.63, 3.8) is 0 Å². The summed E-state index contributed by atoms with van der Waals surface area (Å²) in [7, 11) is 0. The fraction of sp³-hybridized carbons (Fsp3) is 0.111. The second kappa shape index (κ2) is 4.01.